The van der Waals surface area contributed by atoms with Crippen LogP contribution in [0, 0.1) is 17.7 Å². The number of hydrogen-bond acceptors (Lipinski definition) is 8. The molecule has 3 aromatic heterocycles. The number of aromatic nitrogens is 5. The third-order valence-corrected chi connectivity index (χ3v) is 5.58. The van der Waals surface area contributed by atoms with E-state index in [2.05, 4.69) is 32.1 Å². The van der Waals surface area contributed by atoms with Crippen molar-refractivity contribution >= 4 is 22.5 Å². The van der Waals surface area contributed by atoms with Gasteiger partial charge in [0.25, 0.3) is 5.56 Å². The number of anilines is 2. The average molecular weight is 494 g/mol. The van der Waals surface area contributed by atoms with E-state index in [1.165, 1.54) is 29.1 Å². The first kappa shape index (κ1) is 23.4. The second-order valence-electron chi connectivity index (χ2n) is 8.08. The van der Waals surface area contributed by atoms with Crippen LogP contribution >= 0.6 is 0 Å². The monoisotopic (exact) mass is 493 g/mol. The third kappa shape index (κ3) is 4.66. The minimum Gasteiger partial charge on any atom is -0.507 e. The molecule has 3 heterocycles. The van der Waals surface area contributed by atoms with Crippen LogP contribution in [-0.4, -0.2) is 29.6 Å². The van der Waals surface area contributed by atoms with E-state index in [0.717, 1.165) is 6.20 Å². The van der Waals surface area contributed by atoms with Crippen LogP contribution in [0.2, 0.25) is 0 Å². The molecule has 0 saturated heterocycles. The molecule has 0 spiro atoms. The molecular weight excluding hydrogens is 473 g/mol. The lowest BCUT2D eigenvalue weighted by Gasteiger charge is -2.21. The van der Waals surface area contributed by atoms with Gasteiger partial charge in [0.2, 0.25) is 0 Å². The molecule has 0 fully saturated rings. The summed E-state index contributed by atoms with van der Waals surface area (Å²) in [5.41, 5.74) is 7.26. The first-order valence-corrected chi connectivity index (χ1v) is 11.2. The molecule has 5 aromatic rings. The molecule has 1 unspecified atom stereocenters. The molecule has 4 N–H and O–H groups in total. The standard InChI is InChI=1S/C27H20FN7O2/c1-16(33-25-20(24(29)31-15-32-25)13-12-18-11-10-17(28)14-30-18)26-34-21-8-5-9-22(36)23(21)27(37)35(26)19-6-3-2-4-7-19/h2-11,14-16,36H,1H3,(H3,29,31,32,33). The number of nitrogen functional groups attached to an aromatic ring is 1. The van der Waals surface area contributed by atoms with Crippen molar-refractivity contribution < 1.29 is 9.50 Å². The smallest absolute Gasteiger partial charge is 0.269 e. The predicted octanol–water partition coefficient (Wildman–Crippen LogP) is 3.57. The van der Waals surface area contributed by atoms with Gasteiger partial charge in [0.15, 0.2) is 0 Å². The van der Waals surface area contributed by atoms with Crippen molar-refractivity contribution in [2.45, 2.75) is 13.0 Å². The Kier molecular flexibility index (Phi) is 6.18. The average Bonchev–Trinajstić information content (AvgIpc) is 2.89. The maximum Gasteiger partial charge on any atom is 0.269 e. The van der Waals surface area contributed by atoms with Gasteiger partial charge in [-0.25, -0.2) is 24.3 Å². The van der Waals surface area contributed by atoms with Crippen LogP contribution in [0.3, 0.4) is 0 Å². The predicted molar refractivity (Wildman–Crippen MR) is 138 cm³/mol. The SMILES string of the molecule is CC(Nc1ncnc(N)c1C#Cc1ccc(F)cn1)c1nc2cccc(O)c2c(=O)n1-c1ccccc1. The van der Waals surface area contributed by atoms with E-state index in [0.29, 0.717) is 34.1 Å². The number of fused-ring (bicyclic) bond motifs is 1. The number of phenols is 1. The summed E-state index contributed by atoms with van der Waals surface area (Å²) in [7, 11) is 0. The fourth-order valence-corrected chi connectivity index (χ4v) is 3.82. The summed E-state index contributed by atoms with van der Waals surface area (Å²) in [6.45, 7) is 1.81. The number of nitrogens with two attached hydrogens (primary N) is 1. The molecular formula is C27H20FN7O2. The maximum absolute atomic E-state index is 13.6. The third-order valence-electron chi connectivity index (χ3n) is 5.58. The van der Waals surface area contributed by atoms with Crippen LogP contribution in [0.4, 0.5) is 16.0 Å². The summed E-state index contributed by atoms with van der Waals surface area (Å²) in [6, 6.07) is 15.9. The Hall–Kier alpha value is -5.30. The molecule has 0 radical (unpaired) electrons. The Bertz CT molecular complexity index is 1730. The van der Waals surface area contributed by atoms with Gasteiger partial charge in [-0.2, -0.15) is 0 Å². The van der Waals surface area contributed by atoms with Gasteiger partial charge in [-0.15, -0.1) is 0 Å². The Morgan fingerprint density at radius 3 is 2.59 bits per heavy atom. The minimum absolute atomic E-state index is 0.118. The van der Waals surface area contributed by atoms with Crippen molar-refractivity contribution in [1.82, 2.24) is 24.5 Å². The Morgan fingerprint density at radius 2 is 1.84 bits per heavy atom. The first-order chi connectivity index (χ1) is 17.9. The van der Waals surface area contributed by atoms with E-state index >= 15 is 0 Å². The number of phenolic OH excluding ortho intramolecular Hbond substituents is 1. The molecule has 5 rings (SSSR count). The van der Waals surface area contributed by atoms with Crippen LogP contribution in [0.15, 0.2) is 78.0 Å². The van der Waals surface area contributed by atoms with E-state index in [-0.39, 0.29) is 17.0 Å². The lowest BCUT2D eigenvalue weighted by molar-refractivity contribution is 0.480. The van der Waals surface area contributed by atoms with Gasteiger partial charge in [-0.1, -0.05) is 30.2 Å². The fourth-order valence-electron chi connectivity index (χ4n) is 3.82. The number of para-hydroxylation sites is 1. The molecule has 2 aromatic carbocycles. The van der Waals surface area contributed by atoms with E-state index in [4.69, 9.17) is 10.7 Å². The number of halogens is 1. The number of rotatable bonds is 4. The number of aromatic hydroxyl groups is 1. The lowest BCUT2D eigenvalue weighted by Crippen LogP contribution is -2.27. The summed E-state index contributed by atoms with van der Waals surface area (Å²) >= 11 is 0. The van der Waals surface area contributed by atoms with Gasteiger partial charge in [0, 0.05) is 0 Å². The maximum atomic E-state index is 13.6. The molecule has 37 heavy (non-hydrogen) atoms. The highest BCUT2D eigenvalue weighted by Crippen LogP contribution is 2.26. The number of nitrogens with zero attached hydrogens (tertiary/aromatic N) is 5. The zero-order chi connectivity index (χ0) is 25.9. The van der Waals surface area contributed by atoms with Gasteiger partial charge in [0.1, 0.15) is 52.0 Å². The Balaban J connectivity index is 1.61. The van der Waals surface area contributed by atoms with Gasteiger partial charge >= 0.3 is 0 Å². The summed E-state index contributed by atoms with van der Waals surface area (Å²) in [4.78, 5) is 30.5. The molecule has 182 valence electrons. The van der Waals surface area contributed by atoms with Gasteiger partial charge in [-0.3, -0.25) is 9.36 Å². The van der Waals surface area contributed by atoms with Crippen molar-refractivity contribution in [2.75, 3.05) is 11.1 Å². The minimum atomic E-state index is -0.557. The largest absolute Gasteiger partial charge is 0.507 e. The summed E-state index contributed by atoms with van der Waals surface area (Å²) < 4.78 is 14.6. The second-order valence-corrected chi connectivity index (χ2v) is 8.08. The van der Waals surface area contributed by atoms with E-state index in [9.17, 15) is 14.3 Å². The number of nitrogens with one attached hydrogen (secondary N) is 1. The molecule has 0 saturated carbocycles. The molecule has 0 aliphatic heterocycles. The van der Waals surface area contributed by atoms with Gasteiger partial charge in [0.05, 0.1) is 23.4 Å². The normalized spacial score (nSPS) is 11.5. The van der Waals surface area contributed by atoms with Crippen LogP contribution in [0.25, 0.3) is 16.6 Å². The molecule has 9 nitrogen and oxygen atoms in total. The van der Waals surface area contributed by atoms with Crippen molar-refractivity contribution in [3.8, 4) is 23.3 Å². The molecule has 10 heteroatoms. The highest BCUT2D eigenvalue weighted by molar-refractivity contribution is 5.84. The van der Waals surface area contributed by atoms with Crippen molar-refractivity contribution in [3.63, 3.8) is 0 Å². The van der Waals surface area contributed by atoms with Crippen LogP contribution < -0.4 is 16.6 Å². The van der Waals surface area contributed by atoms with Gasteiger partial charge < -0.3 is 16.2 Å². The summed E-state index contributed by atoms with van der Waals surface area (Å²) in [5.74, 6) is 5.95. The van der Waals surface area contributed by atoms with Crippen LogP contribution in [0.1, 0.15) is 30.0 Å². The van der Waals surface area contributed by atoms with E-state index in [1.54, 1.807) is 36.4 Å². The molecule has 0 amide bonds. The highest BCUT2D eigenvalue weighted by atomic mass is 19.1. The number of benzene rings is 2. The zero-order valence-corrected chi connectivity index (χ0v) is 19.6. The Labute approximate surface area is 210 Å². The first-order valence-electron chi connectivity index (χ1n) is 11.2. The number of hydrogen-bond donors (Lipinski definition) is 3. The van der Waals surface area contributed by atoms with Crippen molar-refractivity contribution in [1.29, 1.82) is 0 Å². The van der Waals surface area contributed by atoms with Crippen molar-refractivity contribution in [3.05, 3.63) is 106 Å². The summed E-state index contributed by atoms with van der Waals surface area (Å²) in [5, 5.41) is 13.7. The number of pyridine rings is 1. The van der Waals surface area contributed by atoms with E-state index < -0.39 is 17.4 Å². The zero-order valence-electron chi connectivity index (χ0n) is 19.6. The molecule has 0 bridgehead atoms. The summed E-state index contributed by atoms with van der Waals surface area (Å²) in [6.07, 6.45) is 2.37. The second kappa shape index (κ2) is 9.75. The Morgan fingerprint density at radius 1 is 1.03 bits per heavy atom. The van der Waals surface area contributed by atoms with Gasteiger partial charge in [-0.05, 0) is 49.2 Å². The highest BCUT2D eigenvalue weighted by Gasteiger charge is 2.21. The molecule has 1 atom stereocenters. The van der Waals surface area contributed by atoms with Crippen LogP contribution in [0.5, 0.6) is 5.75 Å². The quantitative estimate of drug-likeness (QED) is 0.324. The topological polar surface area (TPSA) is 132 Å². The van der Waals surface area contributed by atoms with Crippen molar-refractivity contribution in [2.24, 2.45) is 0 Å². The van der Waals surface area contributed by atoms with Crippen LogP contribution in [-0.2, 0) is 0 Å². The van der Waals surface area contributed by atoms with E-state index in [1.807, 2.05) is 13.0 Å². The molecule has 0 aliphatic carbocycles. The molecule has 0 aliphatic rings. The lowest BCUT2D eigenvalue weighted by atomic mass is 10.1. The fraction of sp³-hybridized carbons (Fsp3) is 0.0741.